The number of methoxy groups -OCH3 is 1. The van der Waals surface area contributed by atoms with Crippen molar-refractivity contribution < 1.29 is 9.94 Å². The van der Waals surface area contributed by atoms with Crippen LogP contribution in [0.1, 0.15) is 25.0 Å². The number of ether oxygens (including phenoxy) is 1. The van der Waals surface area contributed by atoms with E-state index in [0.29, 0.717) is 6.04 Å². The highest BCUT2D eigenvalue weighted by atomic mass is 16.5. The maximum Gasteiger partial charge on any atom is 0.170 e. The molecule has 19 heavy (non-hydrogen) atoms. The molecule has 0 heterocycles. The van der Waals surface area contributed by atoms with E-state index < -0.39 is 0 Å². The summed E-state index contributed by atoms with van der Waals surface area (Å²) in [5.74, 6) is 0.131. The third kappa shape index (κ3) is 4.89. The summed E-state index contributed by atoms with van der Waals surface area (Å²) in [7, 11) is 1.71. The van der Waals surface area contributed by atoms with Gasteiger partial charge in [0, 0.05) is 31.8 Å². The summed E-state index contributed by atoms with van der Waals surface area (Å²) in [6, 6.07) is 8.17. The molecule has 0 spiro atoms. The third-order valence-corrected chi connectivity index (χ3v) is 3.06. The van der Waals surface area contributed by atoms with Gasteiger partial charge in [-0.25, -0.2) is 0 Å². The normalized spacial score (nSPS) is 12.4. The molecule has 0 saturated carbocycles. The Morgan fingerprint density at radius 2 is 2.00 bits per heavy atom. The predicted molar refractivity (Wildman–Crippen MR) is 76.4 cm³/mol. The Bertz CT molecular complexity index is 402. The average Bonchev–Trinajstić information content (AvgIpc) is 2.43. The zero-order valence-corrected chi connectivity index (χ0v) is 11.8. The van der Waals surface area contributed by atoms with Gasteiger partial charge >= 0.3 is 0 Å². The molecule has 0 amide bonds. The van der Waals surface area contributed by atoms with Crippen LogP contribution in [0.25, 0.3) is 0 Å². The highest BCUT2D eigenvalue weighted by Crippen LogP contribution is 2.10. The lowest BCUT2D eigenvalue weighted by Crippen LogP contribution is -2.33. The molecule has 0 radical (unpaired) electrons. The SMILES string of the molecule is COCCN(Cc1ccc(/C(N)=N/O)cc1)C(C)C. The van der Waals surface area contributed by atoms with E-state index >= 15 is 0 Å². The van der Waals surface area contributed by atoms with E-state index in [-0.39, 0.29) is 5.84 Å². The quantitative estimate of drug-likeness (QED) is 0.340. The molecule has 0 aromatic heterocycles. The maximum absolute atomic E-state index is 8.61. The maximum atomic E-state index is 8.61. The fourth-order valence-electron chi connectivity index (χ4n) is 1.80. The van der Waals surface area contributed by atoms with Crippen molar-refractivity contribution in [1.29, 1.82) is 0 Å². The second-order valence-electron chi connectivity index (χ2n) is 4.74. The second-order valence-corrected chi connectivity index (χ2v) is 4.74. The van der Waals surface area contributed by atoms with Crippen molar-refractivity contribution >= 4 is 5.84 Å². The molecule has 0 fully saturated rings. The molecule has 106 valence electrons. The fraction of sp³-hybridized carbons (Fsp3) is 0.500. The molecule has 0 atom stereocenters. The van der Waals surface area contributed by atoms with Crippen LogP contribution in [-0.2, 0) is 11.3 Å². The molecular weight excluding hydrogens is 242 g/mol. The van der Waals surface area contributed by atoms with Gasteiger partial charge in [0.1, 0.15) is 0 Å². The Morgan fingerprint density at radius 3 is 2.47 bits per heavy atom. The molecule has 0 aliphatic carbocycles. The van der Waals surface area contributed by atoms with Gasteiger partial charge in [0.2, 0.25) is 0 Å². The molecule has 3 N–H and O–H groups in total. The van der Waals surface area contributed by atoms with Gasteiger partial charge in [-0.1, -0.05) is 29.4 Å². The number of hydrogen-bond acceptors (Lipinski definition) is 4. The number of hydrogen-bond donors (Lipinski definition) is 2. The Morgan fingerprint density at radius 1 is 1.37 bits per heavy atom. The zero-order valence-electron chi connectivity index (χ0n) is 11.8. The molecule has 0 aliphatic rings. The fourth-order valence-corrected chi connectivity index (χ4v) is 1.80. The van der Waals surface area contributed by atoms with E-state index in [0.717, 1.165) is 25.3 Å². The topological polar surface area (TPSA) is 71.1 Å². The summed E-state index contributed by atoms with van der Waals surface area (Å²) in [6.45, 7) is 6.81. The van der Waals surface area contributed by atoms with Gasteiger partial charge in [-0.15, -0.1) is 0 Å². The standard InChI is InChI=1S/C14H23N3O2/c1-11(2)17(8-9-19-3)10-12-4-6-13(7-5-12)14(15)16-18/h4-7,11,18H,8-10H2,1-3H3,(H2,15,16). The van der Waals surface area contributed by atoms with Crippen molar-refractivity contribution in [1.82, 2.24) is 4.90 Å². The molecule has 0 bridgehead atoms. The number of nitrogens with zero attached hydrogens (tertiary/aromatic N) is 2. The van der Waals surface area contributed by atoms with Crippen molar-refractivity contribution in [3.63, 3.8) is 0 Å². The van der Waals surface area contributed by atoms with E-state index in [1.54, 1.807) is 7.11 Å². The van der Waals surface area contributed by atoms with Crippen molar-refractivity contribution in [3.05, 3.63) is 35.4 Å². The minimum Gasteiger partial charge on any atom is -0.409 e. The first-order valence-corrected chi connectivity index (χ1v) is 6.38. The number of rotatable bonds is 7. The lowest BCUT2D eigenvalue weighted by atomic mass is 10.1. The number of nitrogens with two attached hydrogens (primary N) is 1. The molecule has 5 heteroatoms. The first kappa shape index (κ1) is 15.5. The Balaban J connectivity index is 2.69. The molecular formula is C14H23N3O2. The summed E-state index contributed by atoms with van der Waals surface area (Å²) in [4.78, 5) is 2.34. The average molecular weight is 265 g/mol. The van der Waals surface area contributed by atoms with Gasteiger partial charge in [-0.05, 0) is 19.4 Å². The van der Waals surface area contributed by atoms with Crippen molar-refractivity contribution in [3.8, 4) is 0 Å². The van der Waals surface area contributed by atoms with Crippen LogP contribution in [0.5, 0.6) is 0 Å². The molecule has 0 saturated heterocycles. The monoisotopic (exact) mass is 265 g/mol. The van der Waals surface area contributed by atoms with Crippen LogP contribution in [0.2, 0.25) is 0 Å². The second kappa shape index (κ2) is 7.76. The van der Waals surface area contributed by atoms with Gasteiger partial charge < -0.3 is 15.7 Å². The predicted octanol–water partition coefficient (Wildman–Crippen LogP) is 1.64. The summed E-state index contributed by atoms with van der Waals surface area (Å²) < 4.78 is 5.12. The highest BCUT2D eigenvalue weighted by molar-refractivity contribution is 5.96. The first-order chi connectivity index (χ1) is 9.08. The Hall–Kier alpha value is -1.59. The summed E-state index contributed by atoms with van der Waals surface area (Å²) >= 11 is 0. The van der Waals surface area contributed by atoms with E-state index in [2.05, 4.69) is 23.9 Å². The lowest BCUT2D eigenvalue weighted by Gasteiger charge is -2.26. The van der Waals surface area contributed by atoms with E-state index in [4.69, 9.17) is 15.7 Å². The minimum absolute atomic E-state index is 0.131. The smallest absolute Gasteiger partial charge is 0.170 e. The van der Waals surface area contributed by atoms with Crippen LogP contribution in [0.3, 0.4) is 0 Å². The van der Waals surface area contributed by atoms with Gasteiger partial charge in [-0.3, -0.25) is 4.90 Å². The van der Waals surface area contributed by atoms with Crippen LogP contribution in [-0.4, -0.2) is 42.2 Å². The van der Waals surface area contributed by atoms with Gasteiger partial charge in [-0.2, -0.15) is 0 Å². The summed E-state index contributed by atoms with van der Waals surface area (Å²) in [5, 5.41) is 11.6. The van der Waals surface area contributed by atoms with Crippen LogP contribution in [0, 0.1) is 0 Å². The van der Waals surface area contributed by atoms with E-state index in [1.807, 2.05) is 24.3 Å². The van der Waals surface area contributed by atoms with E-state index in [1.165, 1.54) is 5.56 Å². The van der Waals surface area contributed by atoms with Crippen molar-refractivity contribution in [2.24, 2.45) is 10.9 Å². The Kier molecular flexibility index (Phi) is 6.32. The van der Waals surface area contributed by atoms with Crippen molar-refractivity contribution in [2.75, 3.05) is 20.3 Å². The van der Waals surface area contributed by atoms with Crippen LogP contribution in [0.15, 0.2) is 29.4 Å². The lowest BCUT2D eigenvalue weighted by molar-refractivity contribution is 0.125. The number of benzene rings is 1. The molecule has 1 aromatic rings. The molecule has 1 rings (SSSR count). The zero-order chi connectivity index (χ0) is 14.3. The van der Waals surface area contributed by atoms with Gasteiger partial charge in [0.15, 0.2) is 5.84 Å². The molecule has 0 unspecified atom stereocenters. The molecule has 1 aromatic carbocycles. The van der Waals surface area contributed by atoms with Crippen LogP contribution < -0.4 is 5.73 Å². The molecule has 5 nitrogen and oxygen atoms in total. The highest BCUT2D eigenvalue weighted by Gasteiger charge is 2.10. The number of amidine groups is 1. The number of oxime groups is 1. The van der Waals surface area contributed by atoms with E-state index in [9.17, 15) is 0 Å². The van der Waals surface area contributed by atoms with Crippen LogP contribution >= 0.6 is 0 Å². The summed E-state index contributed by atoms with van der Waals surface area (Å²) in [5.41, 5.74) is 7.45. The van der Waals surface area contributed by atoms with Gasteiger partial charge in [0.05, 0.1) is 6.61 Å². The van der Waals surface area contributed by atoms with Crippen molar-refractivity contribution in [2.45, 2.75) is 26.4 Å². The largest absolute Gasteiger partial charge is 0.409 e. The first-order valence-electron chi connectivity index (χ1n) is 6.38. The Labute approximate surface area is 114 Å². The van der Waals surface area contributed by atoms with Gasteiger partial charge in [0.25, 0.3) is 0 Å². The summed E-state index contributed by atoms with van der Waals surface area (Å²) in [6.07, 6.45) is 0. The molecule has 0 aliphatic heterocycles. The minimum atomic E-state index is 0.131. The third-order valence-electron chi connectivity index (χ3n) is 3.06. The van der Waals surface area contributed by atoms with Crippen LogP contribution in [0.4, 0.5) is 0 Å².